The summed E-state index contributed by atoms with van der Waals surface area (Å²) >= 11 is 3.25. The average Bonchev–Trinajstić information content (AvgIpc) is 2.05. The molecule has 0 bridgehead atoms. The van der Waals surface area contributed by atoms with E-state index in [0.29, 0.717) is 5.33 Å². The Balaban J connectivity index is 2.88. The summed E-state index contributed by atoms with van der Waals surface area (Å²) in [5.41, 5.74) is 2.04. The van der Waals surface area contributed by atoms with Crippen LogP contribution in [0, 0.1) is 0 Å². The third-order valence-corrected chi connectivity index (χ3v) is 3.93. The Bertz CT molecular complexity index is 263. The largest absolute Gasteiger partial charge is 0.228 e. The lowest BCUT2D eigenvalue weighted by Crippen LogP contribution is -2.03. The number of sulfone groups is 1. The van der Waals surface area contributed by atoms with E-state index in [-0.39, 0.29) is 11.5 Å². The van der Waals surface area contributed by atoms with Crippen molar-refractivity contribution in [3.8, 4) is 0 Å². The number of hydrogen-bond acceptors (Lipinski definition) is 2. The van der Waals surface area contributed by atoms with E-state index in [1.54, 1.807) is 0 Å². The number of alkyl halides is 1. The van der Waals surface area contributed by atoms with E-state index in [1.165, 1.54) is 0 Å². The molecule has 58 valence electrons. The van der Waals surface area contributed by atoms with E-state index in [1.807, 2.05) is 6.92 Å². The second-order valence-electron chi connectivity index (χ2n) is 2.55. The van der Waals surface area contributed by atoms with Crippen LogP contribution in [-0.2, 0) is 9.84 Å². The second-order valence-corrected chi connectivity index (χ2v) is 5.17. The third kappa shape index (κ3) is 1.61. The highest BCUT2D eigenvalue weighted by Gasteiger charge is 2.23. The minimum Gasteiger partial charge on any atom is -0.228 e. The average molecular weight is 225 g/mol. The van der Waals surface area contributed by atoms with Gasteiger partial charge in [0.25, 0.3) is 0 Å². The summed E-state index contributed by atoms with van der Waals surface area (Å²) in [7, 11) is -2.76. The van der Waals surface area contributed by atoms with Crippen molar-refractivity contribution in [1.82, 2.24) is 0 Å². The summed E-state index contributed by atoms with van der Waals surface area (Å²) in [6, 6.07) is 0. The molecule has 1 rings (SSSR count). The van der Waals surface area contributed by atoms with Crippen molar-refractivity contribution in [3.05, 3.63) is 11.1 Å². The molecule has 0 saturated carbocycles. The highest BCUT2D eigenvalue weighted by molar-refractivity contribution is 9.09. The van der Waals surface area contributed by atoms with Gasteiger partial charge in [0.2, 0.25) is 0 Å². The Hall–Kier alpha value is 0.170. The standard InChI is InChI=1S/C6H9BrO2S/c1-5-3-10(8,9)4-6(5)2-7/h2-4H2,1H3. The summed E-state index contributed by atoms with van der Waals surface area (Å²) in [6.45, 7) is 1.88. The van der Waals surface area contributed by atoms with Gasteiger partial charge in [-0.05, 0) is 12.5 Å². The molecule has 0 N–H and O–H groups in total. The zero-order valence-corrected chi connectivity index (χ0v) is 8.13. The van der Waals surface area contributed by atoms with Crippen LogP contribution >= 0.6 is 15.9 Å². The number of hydrogen-bond donors (Lipinski definition) is 0. The molecule has 2 nitrogen and oxygen atoms in total. The quantitative estimate of drug-likeness (QED) is 0.495. The first-order chi connectivity index (χ1) is 4.55. The van der Waals surface area contributed by atoms with Crippen molar-refractivity contribution >= 4 is 25.8 Å². The maximum Gasteiger partial charge on any atom is 0.157 e. The molecule has 0 spiro atoms. The van der Waals surface area contributed by atoms with Gasteiger partial charge in [-0.1, -0.05) is 21.5 Å². The molecule has 1 aliphatic heterocycles. The van der Waals surface area contributed by atoms with Crippen LogP contribution in [0.15, 0.2) is 11.1 Å². The fraction of sp³-hybridized carbons (Fsp3) is 0.667. The molecule has 0 radical (unpaired) electrons. The highest BCUT2D eigenvalue weighted by Crippen LogP contribution is 2.20. The lowest BCUT2D eigenvalue weighted by Gasteiger charge is -1.91. The van der Waals surface area contributed by atoms with Crippen LogP contribution in [0.5, 0.6) is 0 Å². The van der Waals surface area contributed by atoms with Crippen LogP contribution in [0.25, 0.3) is 0 Å². The van der Waals surface area contributed by atoms with E-state index >= 15 is 0 Å². The van der Waals surface area contributed by atoms with Crippen molar-refractivity contribution in [2.75, 3.05) is 16.8 Å². The van der Waals surface area contributed by atoms with Gasteiger partial charge in [-0.25, -0.2) is 8.42 Å². The van der Waals surface area contributed by atoms with E-state index in [4.69, 9.17) is 0 Å². The molecule has 10 heavy (non-hydrogen) atoms. The van der Waals surface area contributed by atoms with Crippen LogP contribution in [-0.4, -0.2) is 25.3 Å². The second kappa shape index (κ2) is 2.66. The molecule has 0 aromatic heterocycles. The van der Waals surface area contributed by atoms with Crippen molar-refractivity contribution in [1.29, 1.82) is 0 Å². The van der Waals surface area contributed by atoms with E-state index in [9.17, 15) is 8.42 Å². The molecule has 0 aliphatic carbocycles. The topological polar surface area (TPSA) is 34.1 Å². The van der Waals surface area contributed by atoms with Gasteiger partial charge in [-0.2, -0.15) is 0 Å². The molecule has 0 aromatic carbocycles. The first kappa shape index (κ1) is 8.27. The van der Waals surface area contributed by atoms with Gasteiger partial charge in [-0.3, -0.25) is 0 Å². The van der Waals surface area contributed by atoms with Crippen LogP contribution in [0.2, 0.25) is 0 Å². The minimum atomic E-state index is -2.76. The lowest BCUT2D eigenvalue weighted by atomic mass is 10.2. The summed E-state index contributed by atoms with van der Waals surface area (Å²) in [5, 5.41) is 0.693. The Morgan fingerprint density at radius 1 is 1.50 bits per heavy atom. The normalized spacial score (nSPS) is 23.8. The molecule has 4 heteroatoms. The highest BCUT2D eigenvalue weighted by atomic mass is 79.9. The lowest BCUT2D eigenvalue weighted by molar-refractivity contribution is 0.602. The van der Waals surface area contributed by atoms with E-state index < -0.39 is 9.84 Å². The van der Waals surface area contributed by atoms with Crippen molar-refractivity contribution in [2.24, 2.45) is 0 Å². The first-order valence-electron chi connectivity index (χ1n) is 2.99. The molecule has 0 saturated heterocycles. The van der Waals surface area contributed by atoms with Gasteiger partial charge in [0.05, 0.1) is 11.5 Å². The Morgan fingerprint density at radius 3 is 2.30 bits per heavy atom. The molecule has 1 heterocycles. The molecule has 1 aliphatic rings. The Morgan fingerprint density at radius 2 is 2.10 bits per heavy atom. The predicted molar refractivity (Wildman–Crippen MR) is 45.1 cm³/mol. The monoisotopic (exact) mass is 224 g/mol. The fourth-order valence-corrected chi connectivity index (χ4v) is 3.81. The molecule has 0 atom stereocenters. The van der Waals surface area contributed by atoms with Crippen LogP contribution in [0.4, 0.5) is 0 Å². The minimum absolute atomic E-state index is 0.254. The van der Waals surface area contributed by atoms with Crippen molar-refractivity contribution < 1.29 is 8.42 Å². The van der Waals surface area contributed by atoms with Gasteiger partial charge < -0.3 is 0 Å². The van der Waals surface area contributed by atoms with Gasteiger partial charge in [0.15, 0.2) is 9.84 Å². The summed E-state index contributed by atoms with van der Waals surface area (Å²) in [4.78, 5) is 0. The third-order valence-electron chi connectivity index (χ3n) is 1.60. The zero-order valence-electron chi connectivity index (χ0n) is 5.72. The van der Waals surface area contributed by atoms with Gasteiger partial charge in [0.1, 0.15) is 0 Å². The van der Waals surface area contributed by atoms with Gasteiger partial charge in [-0.15, -0.1) is 0 Å². The summed E-state index contributed by atoms with van der Waals surface area (Å²) in [5.74, 6) is 0.512. The van der Waals surface area contributed by atoms with Gasteiger partial charge in [0, 0.05) is 5.33 Å². The van der Waals surface area contributed by atoms with Crippen molar-refractivity contribution in [3.63, 3.8) is 0 Å². The van der Waals surface area contributed by atoms with Crippen molar-refractivity contribution in [2.45, 2.75) is 6.92 Å². The molecular formula is C6H9BrO2S. The Kier molecular flexibility index (Phi) is 2.20. The maximum atomic E-state index is 10.9. The summed E-state index contributed by atoms with van der Waals surface area (Å²) < 4.78 is 21.9. The smallest absolute Gasteiger partial charge is 0.157 e. The maximum absolute atomic E-state index is 10.9. The fourth-order valence-electron chi connectivity index (χ4n) is 1.02. The molecule has 0 aromatic rings. The van der Waals surface area contributed by atoms with E-state index in [2.05, 4.69) is 15.9 Å². The van der Waals surface area contributed by atoms with Crippen LogP contribution < -0.4 is 0 Å². The predicted octanol–water partition coefficient (Wildman–Crippen LogP) is 1.13. The van der Waals surface area contributed by atoms with Gasteiger partial charge >= 0.3 is 0 Å². The SMILES string of the molecule is CC1=C(CBr)CS(=O)(=O)C1. The van der Waals surface area contributed by atoms with Crippen LogP contribution in [0.1, 0.15) is 6.92 Å². The molecule has 0 amide bonds. The number of rotatable bonds is 1. The molecule has 0 fully saturated rings. The van der Waals surface area contributed by atoms with Crippen LogP contribution in [0.3, 0.4) is 0 Å². The number of halogens is 1. The Labute approximate surface area is 69.4 Å². The molecule has 0 unspecified atom stereocenters. The molecular weight excluding hydrogens is 216 g/mol. The summed E-state index contributed by atoms with van der Waals surface area (Å²) in [6.07, 6.45) is 0. The zero-order chi connectivity index (χ0) is 7.78. The van der Waals surface area contributed by atoms with E-state index in [0.717, 1.165) is 11.1 Å². The first-order valence-corrected chi connectivity index (χ1v) is 5.93.